The van der Waals surface area contributed by atoms with Crippen molar-refractivity contribution >= 4 is 17.7 Å². The largest absolute Gasteiger partial charge is 0.497 e. The second-order valence-corrected chi connectivity index (χ2v) is 6.36. The highest BCUT2D eigenvalue weighted by atomic mass is 32.2. The third kappa shape index (κ3) is 3.10. The van der Waals surface area contributed by atoms with Gasteiger partial charge in [-0.15, -0.1) is 11.8 Å². The molecule has 0 amide bonds. The molecule has 20 heavy (non-hydrogen) atoms. The quantitative estimate of drug-likeness (QED) is 0.846. The van der Waals surface area contributed by atoms with Crippen LogP contribution in [0.5, 0.6) is 5.75 Å². The first kappa shape index (κ1) is 15.2. The first-order valence-corrected chi connectivity index (χ1v) is 7.59. The van der Waals surface area contributed by atoms with E-state index in [1.165, 1.54) is 12.0 Å². The number of carbonyl (C=O) groups excluding carboxylic acids is 1. The van der Waals surface area contributed by atoms with E-state index < -0.39 is 5.54 Å². The molecule has 1 aromatic rings. The fourth-order valence-electron chi connectivity index (χ4n) is 2.68. The number of hydrogen-bond donors (Lipinski definition) is 1. The number of benzene rings is 1. The summed E-state index contributed by atoms with van der Waals surface area (Å²) in [5.41, 5.74) is -0.523. The smallest absolute Gasteiger partial charge is 0.326 e. The summed E-state index contributed by atoms with van der Waals surface area (Å²) in [6.07, 6.45) is 2.60. The molecule has 1 fully saturated rings. The van der Waals surface area contributed by atoms with Crippen LogP contribution >= 0.6 is 11.8 Å². The molecular formula is C15H21NO3S. The summed E-state index contributed by atoms with van der Waals surface area (Å²) < 4.78 is 10.2. The average Bonchev–Trinajstić information content (AvgIpc) is 2.91. The van der Waals surface area contributed by atoms with Crippen molar-refractivity contribution in [2.75, 3.05) is 21.3 Å². The van der Waals surface area contributed by atoms with Gasteiger partial charge in [0.2, 0.25) is 0 Å². The third-order valence-corrected chi connectivity index (χ3v) is 5.13. The lowest BCUT2D eigenvalue weighted by atomic mass is 9.98. The maximum atomic E-state index is 12.0. The molecule has 2 rings (SSSR count). The summed E-state index contributed by atoms with van der Waals surface area (Å²) in [5.74, 6) is 0.703. The van der Waals surface area contributed by atoms with E-state index in [9.17, 15) is 4.79 Å². The minimum absolute atomic E-state index is 0.159. The Kier molecular flexibility index (Phi) is 4.94. The van der Waals surface area contributed by atoms with Crippen molar-refractivity contribution in [3.8, 4) is 5.75 Å². The predicted octanol–water partition coefficient (Wildman–Crippen LogP) is 2.47. The lowest BCUT2D eigenvalue weighted by Crippen LogP contribution is -2.49. The zero-order valence-electron chi connectivity index (χ0n) is 12.1. The van der Waals surface area contributed by atoms with Gasteiger partial charge in [-0.05, 0) is 44.5 Å². The van der Waals surface area contributed by atoms with Gasteiger partial charge in [-0.1, -0.05) is 6.07 Å². The standard InChI is InChI=1S/C15H21NO3S/c1-16-15(14(17)19-3)8-7-13(10-15)20-12-6-4-5-11(9-12)18-2/h4-6,9,13,16H,7-8,10H2,1-3H3. The van der Waals surface area contributed by atoms with Crippen molar-refractivity contribution in [3.63, 3.8) is 0 Å². The normalized spacial score (nSPS) is 25.4. The molecule has 2 atom stereocenters. The monoisotopic (exact) mass is 295 g/mol. The molecule has 110 valence electrons. The van der Waals surface area contributed by atoms with Gasteiger partial charge in [0.25, 0.3) is 0 Å². The zero-order chi connectivity index (χ0) is 14.6. The first-order chi connectivity index (χ1) is 9.63. The van der Waals surface area contributed by atoms with Gasteiger partial charge in [-0.3, -0.25) is 4.79 Å². The Balaban J connectivity index is 2.03. The SMILES string of the molecule is CNC1(C(=O)OC)CCC(Sc2cccc(OC)c2)C1. The van der Waals surface area contributed by atoms with Gasteiger partial charge in [0.05, 0.1) is 14.2 Å². The molecular weight excluding hydrogens is 274 g/mol. The number of thioether (sulfide) groups is 1. The van der Waals surface area contributed by atoms with Crippen LogP contribution in [0.1, 0.15) is 19.3 Å². The van der Waals surface area contributed by atoms with Gasteiger partial charge in [0.1, 0.15) is 11.3 Å². The number of esters is 1. The Morgan fingerprint density at radius 2 is 2.25 bits per heavy atom. The molecule has 1 aliphatic carbocycles. The van der Waals surface area contributed by atoms with Gasteiger partial charge < -0.3 is 14.8 Å². The van der Waals surface area contributed by atoms with Crippen molar-refractivity contribution in [1.29, 1.82) is 0 Å². The molecule has 0 spiro atoms. The van der Waals surface area contributed by atoms with Crippen LogP contribution in [-0.4, -0.2) is 38.0 Å². The Hall–Kier alpha value is -1.20. The Morgan fingerprint density at radius 1 is 1.45 bits per heavy atom. The molecule has 0 heterocycles. The number of ether oxygens (including phenoxy) is 2. The van der Waals surface area contributed by atoms with Crippen LogP contribution in [0.2, 0.25) is 0 Å². The summed E-state index contributed by atoms with van der Waals surface area (Å²) in [4.78, 5) is 13.1. The summed E-state index contributed by atoms with van der Waals surface area (Å²) in [5, 5.41) is 3.56. The van der Waals surface area contributed by atoms with E-state index in [1.54, 1.807) is 18.9 Å². The van der Waals surface area contributed by atoms with E-state index in [0.717, 1.165) is 25.0 Å². The van der Waals surface area contributed by atoms with Crippen LogP contribution in [-0.2, 0) is 9.53 Å². The van der Waals surface area contributed by atoms with Gasteiger partial charge in [-0.25, -0.2) is 0 Å². The lowest BCUT2D eigenvalue weighted by molar-refractivity contribution is -0.148. The van der Waals surface area contributed by atoms with Crippen molar-refractivity contribution in [2.24, 2.45) is 0 Å². The lowest BCUT2D eigenvalue weighted by Gasteiger charge is -2.25. The molecule has 0 aliphatic heterocycles. The van der Waals surface area contributed by atoms with Crippen molar-refractivity contribution < 1.29 is 14.3 Å². The molecule has 5 heteroatoms. The van der Waals surface area contributed by atoms with Crippen LogP contribution < -0.4 is 10.1 Å². The number of nitrogens with one attached hydrogen (secondary N) is 1. The van der Waals surface area contributed by atoms with E-state index in [4.69, 9.17) is 9.47 Å². The van der Waals surface area contributed by atoms with E-state index in [2.05, 4.69) is 11.4 Å². The minimum Gasteiger partial charge on any atom is -0.497 e. The number of hydrogen-bond acceptors (Lipinski definition) is 5. The fraction of sp³-hybridized carbons (Fsp3) is 0.533. The molecule has 0 bridgehead atoms. The topological polar surface area (TPSA) is 47.6 Å². The fourth-order valence-corrected chi connectivity index (χ4v) is 4.01. The van der Waals surface area contributed by atoms with Gasteiger partial charge in [0, 0.05) is 10.1 Å². The molecule has 1 aromatic carbocycles. The van der Waals surface area contributed by atoms with E-state index >= 15 is 0 Å². The maximum absolute atomic E-state index is 12.0. The van der Waals surface area contributed by atoms with E-state index in [0.29, 0.717) is 5.25 Å². The van der Waals surface area contributed by atoms with Crippen LogP contribution in [0.15, 0.2) is 29.2 Å². The second-order valence-electron chi connectivity index (χ2n) is 4.99. The van der Waals surface area contributed by atoms with Crippen LogP contribution in [0, 0.1) is 0 Å². The zero-order valence-corrected chi connectivity index (χ0v) is 13.0. The molecule has 1 N–H and O–H groups in total. The molecule has 0 aromatic heterocycles. The van der Waals surface area contributed by atoms with Crippen molar-refractivity contribution in [2.45, 2.75) is 34.9 Å². The first-order valence-electron chi connectivity index (χ1n) is 6.71. The van der Waals surface area contributed by atoms with Crippen molar-refractivity contribution in [1.82, 2.24) is 5.32 Å². The molecule has 1 saturated carbocycles. The second kappa shape index (κ2) is 6.50. The summed E-state index contributed by atoms with van der Waals surface area (Å²) in [6, 6.07) is 8.03. The molecule has 4 nitrogen and oxygen atoms in total. The molecule has 2 unspecified atom stereocenters. The minimum atomic E-state index is -0.523. The van der Waals surface area contributed by atoms with Crippen LogP contribution in [0.3, 0.4) is 0 Å². The summed E-state index contributed by atoms with van der Waals surface area (Å²) in [7, 11) is 4.95. The predicted molar refractivity (Wildman–Crippen MR) is 80.3 cm³/mol. The third-order valence-electron chi connectivity index (χ3n) is 3.87. The summed E-state index contributed by atoms with van der Waals surface area (Å²) in [6.45, 7) is 0. The highest BCUT2D eigenvalue weighted by molar-refractivity contribution is 8.00. The van der Waals surface area contributed by atoms with E-state index in [1.807, 2.05) is 25.2 Å². The highest BCUT2D eigenvalue weighted by Crippen LogP contribution is 2.41. The molecule has 0 saturated heterocycles. The Labute approximate surface area is 124 Å². The Bertz CT molecular complexity index is 480. The molecule has 1 aliphatic rings. The van der Waals surface area contributed by atoms with Gasteiger partial charge in [0.15, 0.2) is 0 Å². The molecule has 0 radical (unpaired) electrons. The Morgan fingerprint density at radius 3 is 2.90 bits per heavy atom. The van der Waals surface area contributed by atoms with Crippen LogP contribution in [0.25, 0.3) is 0 Å². The number of rotatable bonds is 5. The van der Waals surface area contributed by atoms with E-state index in [-0.39, 0.29) is 5.97 Å². The summed E-state index contributed by atoms with van der Waals surface area (Å²) >= 11 is 1.80. The number of likely N-dealkylation sites (N-methyl/N-ethyl adjacent to an activating group) is 1. The number of methoxy groups -OCH3 is 2. The highest BCUT2D eigenvalue weighted by Gasteiger charge is 2.45. The average molecular weight is 295 g/mol. The van der Waals surface area contributed by atoms with Gasteiger partial charge >= 0.3 is 5.97 Å². The van der Waals surface area contributed by atoms with Gasteiger partial charge in [-0.2, -0.15) is 0 Å². The van der Waals surface area contributed by atoms with Crippen LogP contribution in [0.4, 0.5) is 0 Å². The maximum Gasteiger partial charge on any atom is 0.326 e. The van der Waals surface area contributed by atoms with Crippen molar-refractivity contribution in [3.05, 3.63) is 24.3 Å². The number of carbonyl (C=O) groups is 1.